The molecule has 4 aromatic rings. The Morgan fingerprint density at radius 2 is 1.75 bits per heavy atom. The predicted octanol–water partition coefficient (Wildman–Crippen LogP) is 5.84. The summed E-state index contributed by atoms with van der Waals surface area (Å²) in [5.74, 6) is -2.06. The van der Waals surface area contributed by atoms with Crippen molar-refractivity contribution in [3.63, 3.8) is 0 Å². The van der Waals surface area contributed by atoms with E-state index in [0.29, 0.717) is 0 Å². The van der Waals surface area contributed by atoms with Crippen molar-refractivity contribution in [1.29, 1.82) is 0 Å². The van der Waals surface area contributed by atoms with Crippen LogP contribution in [0.15, 0.2) is 66.7 Å². The Kier molecular flexibility index (Phi) is 6.91. The smallest absolute Gasteiger partial charge is 0.482 e. The monoisotopic (exact) mass is 617 g/mol. The molecule has 1 amide bonds. The average molecular weight is 617 g/mol. The second-order valence-electron chi connectivity index (χ2n) is 9.79. The van der Waals surface area contributed by atoms with E-state index in [1.165, 1.54) is 73.8 Å². The summed E-state index contributed by atoms with van der Waals surface area (Å²) >= 11 is 0. The fourth-order valence-electron chi connectivity index (χ4n) is 4.87. The average Bonchev–Trinajstić information content (AvgIpc) is 3.53. The van der Waals surface area contributed by atoms with E-state index >= 15 is 0 Å². The van der Waals surface area contributed by atoms with Gasteiger partial charge in [0.15, 0.2) is 23.3 Å². The van der Waals surface area contributed by atoms with Crippen LogP contribution in [0, 0.1) is 0 Å². The lowest BCUT2D eigenvalue weighted by Gasteiger charge is -2.26. The van der Waals surface area contributed by atoms with E-state index < -0.39 is 42.8 Å². The number of alkyl halides is 5. The maximum Gasteiger partial charge on any atom is 0.586 e. The Hall–Kier alpha value is -5.18. The van der Waals surface area contributed by atoms with Gasteiger partial charge in [0.1, 0.15) is 5.75 Å². The third kappa shape index (κ3) is 5.37. The molecular formula is C29H20F5N3O7. The van der Waals surface area contributed by atoms with Crippen LogP contribution in [-0.2, 0) is 17.5 Å². The molecule has 0 bridgehead atoms. The number of aromatic nitrogens is 2. The number of nitrogens with zero attached hydrogens (tertiary/aromatic N) is 3. The minimum absolute atomic E-state index is 0.00697. The molecule has 0 radical (unpaired) electrons. The van der Waals surface area contributed by atoms with Crippen LogP contribution in [0.4, 0.5) is 27.6 Å². The lowest BCUT2D eigenvalue weighted by atomic mass is 10.1. The second kappa shape index (κ2) is 10.5. The Labute approximate surface area is 244 Å². The van der Waals surface area contributed by atoms with Gasteiger partial charge in [-0.15, -0.1) is 8.78 Å². The maximum absolute atomic E-state index is 14.1. The molecule has 0 spiro atoms. The summed E-state index contributed by atoms with van der Waals surface area (Å²) in [4.78, 5) is 25.7. The fraction of sp³-hybridized carbons (Fsp3) is 0.207. The molecule has 1 aromatic heterocycles. The topological polar surface area (TPSA) is 112 Å². The highest BCUT2D eigenvalue weighted by molar-refractivity contribution is 6.06. The first-order valence-corrected chi connectivity index (χ1v) is 12.9. The summed E-state index contributed by atoms with van der Waals surface area (Å²) in [6.07, 6.45) is -9.76. The van der Waals surface area contributed by atoms with Gasteiger partial charge in [-0.05, 0) is 54.6 Å². The number of hydrogen-bond donors (Lipinski definition) is 1. The normalized spacial score (nSPS) is 16.7. The maximum atomic E-state index is 14.1. The molecule has 2 aliphatic rings. The van der Waals surface area contributed by atoms with Crippen LogP contribution in [0.5, 0.6) is 17.2 Å². The van der Waals surface area contributed by atoms with Gasteiger partial charge in [-0.25, -0.2) is 9.48 Å². The number of benzene rings is 3. The molecule has 2 aliphatic heterocycles. The Morgan fingerprint density at radius 1 is 1.02 bits per heavy atom. The molecule has 0 fully saturated rings. The number of halogens is 5. The molecule has 1 N–H and O–H groups in total. The summed E-state index contributed by atoms with van der Waals surface area (Å²) in [7, 11) is 1.39. The standard InChI is InChI=1S/C29H20F5N3O7/c1-36(17-7-10-21-22(12-17)44-29(33,34)43-21)26(38)16-3-2-4-18(11-16)37-24-20(25(35-37)28(30,31)32)13-41-14-23(24)42-19-8-5-15(6-9-19)27(39)40/h2-12,23H,13-14H2,1H3,(H,39,40)/t23-/m0/s1. The SMILES string of the molecule is CN(C(=O)c1cccc(-n2nc(C(F)(F)F)c3c2[C@@H](Oc2ccc(C(=O)O)cc2)COC3)c1)c1ccc2c(c1)OC(F)(F)O2. The molecule has 228 valence electrons. The molecule has 0 saturated carbocycles. The van der Waals surface area contributed by atoms with Crippen molar-refractivity contribution >= 4 is 17.6 Å². The fourth-order valence-corrected chi connectivity index (χ4v) is 4.87. The van der Waals surface area contributed by atoms with Gasteiger partial charge < -0.3 is 29.0 Å². The van der Waals surface area contributed by atoms with Crippen LogP contribution < -0.4 is 19.1 Å². The lowest BCUT2D eigenvalue weighted by Crippen LogP contribution is -2.27. The van der Waals surface area contributed by atoms with Crippen LogP contribution in [0.25, 0.3) is 5.69 Å². The molecule has 0 saturated heterocycles. The number of rotatable bonds is 6. The highest BCUT2D eigenvalue weighted by atomic mass is 19.4. The largest absolute Gasteiger partial charge is 0.586 e. The van der Waals surface area contributed by atoms with Crippen LogP contribution in [-0.4, -0.2) is 46.7 Å². The van der Waals surface area contributed by atoms with Crippen molar-refractivity contribution in [3.05, 3.63) is 94.8 Å². The number of hydrogen-bond acceptors (Lipinski definition) is 7. The molecule has 10 nitrogen and oxygen atoms in total. The van der Waals surface area contributed by atoms with Gasteiger partial charge in [-0.1, -0.05) is 6.07 Å². The first-order chi connectivity index (χ1) is 20.8. The predicted molar refractivity (Wildman–Crippen MR) is 140 cm³/mol. The number of carboxylic acids is 1. The molecule has 3 aromatic carbocycles. The number of ether oxygens (including phenoxy) is 4. The van der Waals surface area contributed by atoms with E-state index in [0.717, 1.165) is 9.58 Å². The second-order valence-corrected chi connectivity index (χ2v) is 9.79. The molecular weight excluding hydrogens is 597 g/mol. The van der Waals surface area contributed by atoms with E-state index in [1.807, 2.05) is 0 Å². The summed E-state index contributed by atoms with van der Waals surface area (Å²) in [5.41, 5.74) is -1.04. The van der Waals surface area contributed by atoms with Crippen LogP contribution in [0.1, 0.15) is 43.8 Å². The van der Waals surface area contributed by atoms with Gasteiger partial charge in [0.25, 0.3) is 5.91 Å². The molecule has 3 heterocycles. The lowest BCUT2D eigenvalue weighted by molar-refractivity contribution is -0.286. The van der Waals surface area contributed by atoms with E-state index in [9.17, 15) is 31.5 Å². The first-order valence-electron chi connectivity index (χ1n) is 12.9. The summed E-state index contributed by atoms with van der Waals surface area (Å²) in [6.45, 7) is -0.534. The number of anilines is 1. The van der Waals surface area contributed by atoms with Gasteiger partial charge in [-0.2, -0.15) is 18.3 Å². The molecule has 6 rings (SSSR count). The van der Waals surface area contributed by atoms with Gasteiger partial charge in [-0.3, -0.25) is 4.79 Å². The molecule has 1 atom stereocenters. The van der Waals surface area contributed by atoms with Crippen molar-refractivity contribution in [1.82, 2.24) is 9.78 Å². The van der Waals surface area contributed by atoms with Gasteiger partial charge in [0.2, 0.25) is 0 Å². The zero-order valence-corrected chi connectivity index (χ0v) is 22.5. The zero-order chi connectivity index (χ0) is 31.4. The summed E-state index contributed by atoms with van der Waals surface area (Å²) in [6, 6.07) is 14.8. The van der Waals surface area contributed by atoms with Gasteiger partial charge in [0.05, 0.1) is 30.2 Å². The quantitative estimate of drug-likeness (QED) is 0.269. The number of carbonyl (C=O) groups excluding carboxylic acids is 1. The minimum atomic E-state index is -4.84. The third-order valence-corrected chi connectivity index (χ3v) is 6.91. The van der Waals surface area contributed by atoms with Gasteiger partial charge >= 0.3 is 18.4 Å². The van der Waals surface area contributed by atoms with Crippen LogP contribution >= 0.6 is 0 Å². The summed E-state index contributed by atoms with van der Waals surface area (Å²) in [5, 5.41) is 13.0. The van der Waals surface area contributed by atoms with Crippen LogP contribution in [0.3, 0.4) is 0 Å². The highest BCUT2D eigenvalue weighted by Gasteiger charge is 2.44. The van der Waals surface area contributed by atoms with Crippen molar-refractivity contribution in [2.45, 2.75) is 25.2 Å². The Balaban J connectivity index is 1.34. The number of carboxylic acid groups (broad SMARTS) is 1. The summed E-state index contributed by atoms with van der Waals surface area (Å²) < 4.78 is 90.3. The molecule has 0 unspecified atom stereocenters. The number of aromatic carboxylic acids is 1. The van der Waals surface area contributed by atoms with Crippen LogP contribution in [0.2, 0.25) is 0 Å². The number of fused-ring (bicyclic) bond motifs is 2. The van der Waals surface area contributed by atoms with Crippen molar-refractivity contribution in [2.24, 2.45) is 0 Å². The number of carbonyl (C=O) groups is 2. The zero-order valence-electron chi connectivity index (χ0n) is 22.5. The van der Waals surface area contributed by atoms with E-state index in [2.05, 4.69) is 14.6 Å². The van der Waals surface area contributed by atoms with Gasteiger partial charge in [0, 0.05) is 29.9 Å². The molecule has 44 heavy (non-hydrogen) atoms. The molecule has 0 aliphatic carbocycles. The van der Waals surface area contributed by atoms with Crippen molar-refractivity contribution in [2.75, 3.05) is 18.6 Å². The minimum Gasteiger partial charge on any atom is -0.482 e. The van der Waals surface area contributed by atoms with E-state index in [1.54, 1.807) is 0 Å². The van der Waals surface area contributed by atoms with E-state index in [-0.39, 0.29) is 57.6 Å². The first kappa shape index (κ1) is 28.9. The van der Waals surface area contributed by atoms with E-state index in [4.69, 9.17) is 14.6 Å². The Morgan fingerprint density at radius 3 is 2.45 bits per heavy atom. The number of amides is 1. The molecule has 15 heteroatoms. The Bertz CT molecular complexity index is 1770. The van der Waals surface area contributed by atoms with Crippen molar-refractivity contribution in [3.8, 4) is 22.9 Å². The highest BCUT2D eigenvalue weighted by Crippen LogP contribution is 2.43. The van der Waals surface area contributed by atoms with Crippen molar-refractivity contribution < 1.29 is 55.6 Å². The third-order valence-electron chi connectivity index (χ3n) is 6.91.